The van der Waals surface area contributed by atoms with Crippen molar-refractivity contribution in [1.82, 2.24) is 5.32 Å². The second-order valence-corrected chi connectivity index (χ2v) is 9.74. The number of carbonyl (C=O) groups excluding carboxylic acids is 1. The Hall–Kier alpha value is -2.28. The topological polar surface area (TPSA) is 66.5 Å². The zero-order valence-electron chi connectivity index (χ0n) is 16.6. The smallest absolute Gasteiger partial charge is 0.244 e. The minimum atomic E-state index is -3.76. The van der Waals surface area contributed by atoms with Crippen molar-refractivity contribution in [2.75, 3.05) is 10.6 Å². The third-order valence-corrected chi connectivity index (χ3v) is 6.33. The van der Waals surface area contributed by atoms with Gasteiger partial charge in [-0.2, -0.15) is 0 Å². The number of hydrogen-bond donors (Lipinski definition) is 1. The molecule has 0 aliphatic heterocycles. The standard InChI is InChI=1S/C22H22Cl2N2O3S/c1-3-21(26(30(2,28)29)20-12-18(23)11-19(24)13-20)22(27)25-14-15-8-9-16-6-4-5-7-17(16)10-15/h4-13,21H,3,14H2,1-2H3,(H,25,27). The molecule has 3 rings (SSSR count). The summed E-state index contributed by atoms with van der Waals surface area (Å²) in [5.41, 5.74) is 1.18. The highest BCUT2D eigenvalue weighted by atomic mass is 35.5. The quantitative estimate of drug-likeness (QED) is 0.534. The van der Waals surface area contributed by atoms with E-state index in [0.717, 1.165) is 26.9 Å². The maximum atomic E-state index is 13.0. The molecule has 0 bridgehead atoms. The lowest BCUT2D eigenvalue weighted by molar-refractivity contribution is -0.122. The van der Waals surface area contributed by atoms with Crippen LogP contribution in [-0.2, 0) is 21.4 Å². The van der Waals surface area contributed by atoms with Crippen LogP contribution < -0.4 is 9.62 Å². The minimum Gasteiger partial charge on any atom is -0.350 e. The average molecular weight is 465 g/mol. The molecule has 1 unspecified atom stereocenters. The number of nitrogens with zero attached hydrogens (tertiary/aromatic N) is 1. The molecule has 3 aromatic carbocycles. The lowest BCUT2D eigenvalue weighted by atomic mass is 10.1. The molecule has 1 N–H and O–H groups in total. The zero-order chi connectivity index (χ0) is 21.9. The molecule has 1 atom stereocenters. The largest absolute Gasteiger partial charge is 0.350 e. The molecule has 158 valence electrons. The summed E-state index contributed by atoms with van der Waals surface area (Å²) >= 11 is 12.1. The molecule has 0 aromatic heterocycles. The molecule has 1 amide bonds. The third-order valence-electron chi connectivity index (χ3n) is 4.71. The fraction of sp³-hybridized carbons (Fsp3) is 0.227. The van der Waals surface area contributed by atoms with Crippen molar-refractivity contribution >= 4 is 55.6 Å². The maximum Gasteiger partial charge on any atom is 0.244 e. The minimum absolute atomic E-state index is 0.253. The summed E-state index contributed by atoms with van der Waals surface area (Å²) in [4.78, 5) is 13.0. The van der Waals surface area contributed by atoms with E-state index < -0.39 is 22.0 Å². The van der Waals surface area contributed by atoms with E-state index in [9.17, 15) is 13.2 Å². The number of amides is 1. The summed E-state index contributed by atoms with van der Waals surface area (Å²) in [6.07, 6.45) is 1.34. The Kier molecular flexibility index (Phi) is 6.91. The molecule has 30 heavy (non-hydrogen) atoms. The van der Waals surface area contributed by atoms with E-state index in [0.29, 0.717) is 0 Å². The number of carbonyl (C=O) groups is 1. The van der Waals surface area contributed by atoms with Crippen LogP contribution in [0.1, 0.15) is 18.9 Å². The monoisotopic (exact) mass is 464 g/mol. The van der Waals surface area contributed by atoms with Gasteiger partial charge in [0.2, 0.25) is 15.9 Å². The number of benzene rings is 3. The van der Waals surface area contributed by atoms with Crippen molar-refractivity contribution in [3.8, 4) is 0 Å². The van der Waals surface area contributed by atoms with Gasteiger partial charge in [0.25, 0.3) is 0 Å². The van der Waals surface area contributed by atoms with Crippen LogP contribution in [-0.4, -0.2) is 26.6 Å². The number of fused-ring (bicyclic) bond motifs is 1. The Morgan fingerprint density at radius 2 is 1.63 bits per heavy atom. The first-order valence-electron chi connectivity index (χ1n) is 9.40. The number of rotatable bonds is 7. The van der Waals surface area contributed by atoms with Crippen LogP contribution in [0.2, 0.25) is 10.0 Å². The van der Waals surface area contributed by atoms with E-state index in [1.54, 1.807) is 6.92 Å². The Balaban J connectivity index is 1.84. The van der Waals surface area contributed by atoms with E-state index in [4.69, 9.17) is 23.2 Å². The van der Waals surface area contributed by atoms with Crippen LogP contribution in [0.3, 0.4) is 0 Å². The Morgan fingerprint density at radius 1 is 1.00 bits per heavy atom. The van der Waals surface area contributed by atoms with Crippen molar-refractivity contribution in [3.63, 3.8) is 0 Å². The molecule has 0 heterocycles. The van der Waals surface area contributed by atoms with Gasteiger partial charge in [0.1, 0.15) is 6.04 Å². The zero-order valence-corrected chi connectivity index (χ0v) is 18.9. The summed E-state index contributed by atoms with van der Waals surface area (Å²) in [5.74, 6) is -0.396. The summed E-state index contributed by atoms with van der Waals surface area (Å²) in [5, 5.41) is 5.62. The van der Waals surface area contributed by atoms with Gasteiger partial charge in [-0.05, 0) is 47.0 Å². The number of hydrogen-bond acceptors (Lipinski definition) is 3. The van der Waals surface area contributed by atoms with Crippen molar-refractivity contribution in [2.45, 2.75) is 25.9 Å². The van der Waals surface area contributed by atoms with Gasteiger partial charge in [-0.15, -0.1) is 0 Å². The third kappa shape index (κ3) is 5.25. The molecule has 0 fully saturated rings. The number of nitrogens with one attached hydrogen (secondary N) is 1. The summed E-state index contributed by atoms with van der Waals surface area (Å²) in [7, 11) is -3.76. The SMILES string of the molecule is CCC(C(=O)NCc1ccc2ccccc2c1)N(c1cc(Cl)cc(Cl)c1)S(C)(=O)=O. The highest BCUT2D eigenvalue weighted by molar-refractivity contribution is 7.92. The van der Waals surface area contributed by atoms with E-state index in [-0.39, 0.29) is 28.7 Å². The van der Waals surface area contributed by atoms with Crippen molar-refractivity contribution in [3.05, 3.63) is 76.3 Å². The first-order chi connectivity index (χ1) is 14.2. The van der Waals surface area contributed by atoms with Gasteiger partial charge in [-0.1, -0.05) is 66.5 Å². The summed E-state index contributed by atoms with van der Waals surface area (Å²) in [6.45, 7) is 2.04. The van der Waals surface area contributed by atoms with Gasteiger partial charge in [0.15, 0.2) is 0 Å². The summed E-state index contributed by atoms with van der Waals surface area (Å²) in [6, 6.07) is 17.4. The molecule has 0 radical (unpaired) electrons. The van der Waals surface area contributed by atoms with Crippen molar-refractivity contribution in [1.29, 1.82) is 0 Å². The van der Waals surface area contributed by atoms with Gasteiger partial charge in [0.05, 0.1) is 11.9 Å². The normalized spacial score (nSPS) is 12.5. The first-order valence-corrected chi connectivity index (χ1v) is 12.0. The van der Waals surface area contributed by atoms with E-state index in [1.807, 2.05) is 42.5 Å². The molecular formula is C22H22Cl2N2O3S. The first kappa shape index (κ1) is 22.4. The Bertz CT molecular complexity index is 1160. The number of sulfonamides is 1. The van der Waals surface area contributed by atoms with Crippen LogP contribution in [0.4, 0.5) is 5.69 Å². The highest BCUT2D eigenvalue weighted by Gasteiger charge is 2.31. The molecule has 0 saturated carbocycles. The fourth-order valence-corrected chi connectivity index (χ4v) is 5.09. The van der Waals surface area contributed by atoms with Crippen molar-refractivity contribution in [2.24, 2.45) is 0 Å². The molecule has 0 spiro atoms. The average Bonchev–Trinajstić information content (AvgIpc) is 2.68. The van der Waals surface area contributed by atoms with Gasteiger partial charge in [0, 0.05) is 16.6 Å². The van der Waals surface area contributed by atoms with E-state index >= 15 is 0 Å². The van der Waals surface area contributed by atoms with Crippen LogP contribution in [0.5, 0.6) is 0 Å². The van der Waals surface area contributed by atoms with E-state index in [2.05, 4.69) is 5.32 Å². The summed E-state index contributed by atoms with van der Waals surface area (Å²) < 4.78 is 26.1. The lowest BCUT2D eigenvalue weighted by Crippen LogP contribution is -2.49. The number of halogens is 2. The predicted molar refractivity (Wildman–Crippen MR) is 124 cm³/mol. The molecule has 0 aliphatic carbocycles. The molecule has 5 nitrogen and oxygen atoms in total. The molecule has 0 aliphatic rings. The van der Waals surface area contributed by atoms with Gasteiger partial charge in [-0.3, -0.25) is 9.10 Å². The van der Waals surface area contributed by atoms with Crippen LogP contribution in [0, 0.1) is 0 Å². The molecule has 3 aromatic rings. The van der Waals surface area contributed by atoms with Crippen molar-refractivity contribution < 1.29 is 13.2 Å². The van der Waals surface area contributed by atoms with Gasteiger partial charge in [-0.25, -0.2) is 8.42 Å². The lowest BCUT2D eigenvalue weighted by Gasteiger charge is -2.30. The second kappa shape index (κ2) is 9.25. The van der Waals surface area contributed by atoms with Crippen LogP contribution in [0.25, 0.3) is 10.8 Å². The van der Waals surface area contributed by atoms with Gasteiger partial charge < -0.3 is 5.32 Å². The van der Waals surface area contributed by atoms with Crippen LogP contribution >= 0.6 is 23.2 Å². The maximum absolute atomic E-state index is 13.0. The van der Waals surface area contributed by atoms with Gasteiger partial charge >= 0.3 is 0 Å². The second-order valence-electron chi connectivity index (χ2n) is 7.01. The molecule has 8 heteroatoms. The Labute approximate surface area is 186 Å². The molecular weight excluding hydrogens is 443 g/mol. The fourth-order valence-electron chi connectivity index (χ4n) is 3.38. The highest BCUT2D eigenvalue weighted by Crippen LogP contribution is 2.29. The Morgan fingerprint density at radius 3 is 2.23 bits per heavy atom. The van der Waals surface area contributed by atoms with Crippen LogP contribution in [0.15, 0.2) is 60.7 Å². The van der Waals surface area contributed by atoms with E-state index in [1.165, 1.54) is 18.2 Å². The predicted octanol–water partition coefficient (Wildman–Crippen LogP) is 5.01. The number of anilines is 1. The molecule has 0 saturated heterocycles.